The summed E-state index contributed by atoms with van der Waals surface area (Å²) >= 11 is 18.3. The second-order valence-electron chi connectivity index (χ2n) is 4.60. The number of benzene rings is 1. The fourth-order valence-electron chi connectivity index (χ4n) is 2.06. The van der Waals surface area contributed by atoms with Gasteiger partial charge < -0.3 is 5.32 Å². The summed E-state index contributed by atoms with van der Waals surface area (Å²) in [5.74, 6) is 0. The molecule has 1 atom stereocenters. The Morgan fingerprint density at radius 3 is 2.35 bits per heavy atom. The third-order valence-electron chi connectivity index (χ3n) is 3.21. The minimum absolute atomic E-state index is 0.244. The number of hydrogen-bond donors (Lipinski definition) is 1. The molecule has 0 saturated heterocycles. The van der Waals surface area contributed by atoms with Crippen LogP contribution in [0.5, 0.6) is 0 Å². The van der Waals surface area contributed by atoms with Crippen molar-refractivity contribution in [2.45, 2.75) is 18.9 Å². The highest BCUT2D eigenvalue weighted by Crippen LogP contribution is 2.23. The molecule has 0 bridgehead atoms. The molecule has 0 amide bonds. The second-order valence-corrected chi connectivity index (χ2v) is 5.85. The maximum atomic E-state index is 6.22. The Hall–Kier alpha value is -0.800. The molecule has 0 aliphatic heterocycles. The molecule has 1 heterocycles. The second kappa shape index (κ2) is 7.28. The summed E-state index contributed by atoms with van der Waals surface area (Å²) in [6, 6.07) is 7.77. The first-order valence-electron chi connectivity index (χ1n) is 6.29. The van der Waals surface area contributed by atoms with Gasteiger partial charge in [-0.25, -0.2) is 0 Å². The average molecular weight is 330 g/mol. The van der Waals surface area contributed by atoms with Crippen molar-refractivity contribution >= 4 is 34.8 Å². The summed E-state index contributed by atoms with van der Waals surface area (Å²) in [4.78, 5) is 4.00. The zero-order valence-corrected chi connectivity index (χ0v) is 13.3. The molecule has 1 unspecified atom stereocenters. The number of nitrogens with one attached hydrogen (secondary N) is 1. The first-order chi connectivity index (χ1) is 9.60. The Morgan fingerprint density at radius 2 is 1.75 bits per heavy atom. The van der Waals surface area contributed by atoms with E-state index in [2.05, 4.69) is 10.3 Å². The van der Waals surface area contributed by atoms with Gasteiger partial charge in [0.2, 0.25) is 0 Å². The van der Waals surface area contributed by atoms with Gasteiger partial charge >= 0.3 is 0 Å². The van der Waals surface area contributed by atoms with E-state index >= 15 is 0 Å². The van der Waals surface area contributed by atoms with Gasteiger partial charge in [0.15, 0.2) is 0 Å². The van der Waals surface area contributed by atoms with E-state index in [4.69, 9.17) is 34.8 Å². The molecule has 1 aromatic heterocycles. The molecule has 0 aliphatic carbocycles. The number of rotatable bonds is 5. The van der Waals surface area contributed by atoms with Gasteiger partial charge in [-0.3, -0.25) is 4.98 Å². The summed E-state index contributed by atoms with van der Waals surface area (Å²) < 4.78 is 0. The lowest BCUT2D eigenvalue weighted by atomic mass is 9.99. The highest BCUT2D eigenvalue weighted by molar-refractivity contribution is 6.35. The normalized spacial score (nSPS) is 12.4. The van der Waals surface area contributed by atoms with E-state index in [-0.39, 0.29) is 6.04 Å². The molecule has 2 aromatic rings. The highest BCUT2D eigenvalue weighted by atomic mass is 35.5. The van der Waals surface area contributed by atoms with Gasteiger partial charge in [0.1, 0.15) is 0 Å². The molecular weight excluding hydrogens is 315 g/mol. The summed E-state index contributed by atoms with van der Waals surface area (Å²) in [7, 11) is 1.93. The van der Waals surface area contributed by atoms with Crippen molar-refractivity contribution in [1.82, 2.24) is 10.3 Å². The van der Waals surface area contributed by atoms with Crippen LogP contribution < -0.4 is 5.32 Å². The van der Waals surface area contributed by atoms with Crippen molar-refractivity contribution in [1.29, 1.82) is 0 Å². The van der Waals surface area contributed by atoms with Gasteiger partial charge in [0.05, 0.1) is 5.02 Å². The largest absolute Gasteiger partial charge is 0.316 e. The molecule has 106 valence electrons. The van der Waals surface area contributed by atoms with Crippen LogP contribution in [-0.2, 0) is 12.8 Å². The van der Waals surface area contributed by atoms with Crippen LogP contribution in [0.4, 0.5) is 0 Å². The Bertz CT molecular complexity index is 587. The smallest absolute Gasteiger partial charge is 0.0621 e. The zero-order valence-electron chi connectivity index (χ0n) is 11.0. The fraction of sp³-hybridized carbons (Fsp3) is 0.267. The monoisotopic (exact) mass is 328 g/mol. The van der Waals surface area contributed by atoms with Gasteiger partial charge in [-0.1, -0.05) is 40.9 Å². The molecule has 2 nitrogen and oxygen atoms in total. The van der Waals surface area contributed by atoms with E-state index in [1.165, 1.54) is 0 Å². The predicted molar refractivity (Wildman–Crippen MR) is 86.0 cm³/mol. The van der Waals surface area contributed by atoms with Crippen molar-refractivity contribution in [3.05, 3.63) is 62.9 Å². The lowest BCUT2D eigenvalue weighted by Gasteiger charge is -2.18. The fourth-order valence-corrected chi connectivity index (χ4v) is 2.75. The van der Waals surface area contributed by atoms with Crippen LogP contribution in [0.1, 0.15) is 11.1 Å². The topological polar surface area (TPSA) is 24.9 Å². The summed E-state index contributed by atoms with van der Waals surface area (Å²) in [6.45, 7) is 0. The van der Waals surface area contributed by atoms with Gasteiger partial charge in [-0.2, -0.15) is 0 Å². The average Bonchev–Trinajstić information content (AvgIpc) is 2.43. The number of pyridine rings is 1. The van der Waals surface area contributed by atoms with Crippen molar-refractivity contribution in [3.63, 3.8) is 0 Å². The molecule has 0 saturated carbocycles. The molecule has 1 N–H and O–H groups in total. The van der Waals surface area contributed by atoms with Crippen molar-refractivity contribution < 1.29 is 0 Å². The van der Waals surface area contributed by atoms with Gasteiger partial charge in [0, 0.05) is 28.5 Å². The number of likely N-dealkylation sites (N-methyl/N-ethyl adjacent to an activating group) is 1. The quantitative estimate of drug-likeness (QED) is 0.878. The van der Waals surface area contributed by atoms with Crippen LogP contribution in [-0.4, -0.2) is 18.1 Å². The minimum Gasteiger partial charge on any atom is -0.316 e. The molecule has 0 aliphatic rings. The number of hydrogen-bond acceptors (Lipinski definition) is 2. The van der Waals surface area contributed by atoms with Crippen LogP contribution in [0, 0.1) is 0 Å². The first-order valence-corrected chi connectivity index (χ1v) is 7.43. The summed E-state index contributed by atoms with van der Waals surface area (Å²) in [6.07, 6.45) is 5.05. The van der Waals surface area contributed by atoms with Crippen molar-refractivity contribution in [2.75, 3.05) is 7.05 Å². The van der Waals surface area contributed by atoms with E-state index in [1.54, 1.807) is 18.5 Å². The predicted octanol–water partition coefficient (Wildman–Crippen LogP) is 4.42. The van der Waals surface area contributed by atoms with Crippen LogP contribution in [0.3, 0.4) is 0 Å². The van der Waals surface area contributed by atoms with Gasteiger partial charge in [0.25, 0.3) is 0 Å². The third kappa shape index (κ3) is 4.10. The number of nitrogens with zero attached hydrogens (tertiary/aromatic N) is 1. The molecule has 0 fully saturated rings. The summed E-state index contributed by atoms with van der Waals surface area (Å²) in [5, 5.41) is 5.33. The molecule has 5 heteroatoms. The SMILES string of the molecule is CNC(Cc1ccncc1Cl)Cc1ccc(Cl)cc1Cl. The van der Waals surface area contributed by atoms with Crippen LogP contribution in [0.15, 0.2) is 36.7 Å². The van der Waals surface area contributed by atoms with E-state index in [9.17, 15) is 0 Å². The first kappa shape index (κ1) is 15.6. The Kier molecular flexibility index (Phi) is 5.67. The Morgan fingerprint density at radius 1 is 1.05 bits per heavy atom. The van der Waals surface area contributed by atoms with Crippen LogP contribution in [0.25, 0.3) is 0 Å². The van der Waals surface area contributed by atoms with Crippen molar-refractivity contribution in [3.8, 4) is 0 Å². The van der Waals surface area contributed by atoms with Gasteiger partial charge in [-0.05, 0) is 49.2 Å². The molecule has 20 heavy (non-hydrogen) atoms. The lowest BCUT2D eigenvalue weighted by Crippen LogP contribution is -2.30. The van der Waals surface area contributed by atoms with E-state index in [1.807, 2.05) is 25.2 Å². The lowest BCUT2D eigenvalue weighted by molar-refractivity contribution is 0.556. The highest BCUT2D eigenvalue weighted by Gasteiger charge is 2.12. The van der Waals surface area contributed by atoms with Crippen molar-refractivity contribution in [2.24, 2.45) is 0 Å². The van der Waals surface area contributed by atoms with Gasteiger partial charge in [-0.15, -0.1) is 0 Å². The third-order valence-corrected chi connectivity index (χ3v) is 4.14. The van der Waals surface area contributed by atoms with Crippen LogP contribution in [0.2, 0.25) is 15.1 Å². The minimum atomic E-state index is 0.244. The van der Waals surface area contributed by atoms with E-state index in [0.29, 0.717) is 15.1 Å². The summed E-state index contributed by atoms with van der Waals surface area (Å²) in [5.41, 5.74) is 2.15. The van der Waals surface area contributed by atoms with E-state index < -0.39 is 0 Å². The number of halogens is 3. The molecular formula is C15H15Cl3N2. The Labute approximate surface area is 134 Å². The zero-order chi connectivity index (χ0) is 14.5. The number of aromatic nitrogens is 1. The Balaban J connectivity index is 2.11. The maximum absolute atomic E-state index is 6.22. The van der Waals surface area contributed by atoms with Crippen LogP contribution >= 0.6 is 34.8 Å². The van der Waals surface area contributed by atoms with E-state index in [0.717, 1.165) is 24.0 Å². The molecule has 1 aromatic carbocycles. The molecule has 2 rings (SSSR count). The standard InChI is InChI=1S/C15H15Cl3N2/c1-19-13(7-11-4-5-20-9-15(11)18)6-10-2-3-12(16)8-14(10)17/h2-5,8-9,13,19H,6-7H2,1H3. The maximum Gasteiger partial charge on any atom is 0.0621 e. The molecule has 0 radical (unpaired) electrons. The molecule has 0 spiro atoms.